The lowest BCUT2D eigenvalue weighted by atomic mass is 10.0. The van der Waals surface area contributed by atoms with E-state index in [-0.39, 0.29) is 24.0 Å². The molecule has 1 aliphatic rings. The monoisotopic (exact) mass is 463 g/mol. The molecule has 1 aromatic heterocycles. The molecule has 4 rings (SSSR count). The molecule has 1 aliphatic heterocycles. The summed E-state index contributed by atoms with van der Waals surface area (Å²) in [5.74, 6) is 0.384. The number of aromatic nitrogens is 2. The summed E-state index contributed by atoms with van der Waals surface area (Å²) in [7, 11) is 1.54. The predicted octanol–water partition coefficient (Wildman–Crippen LogP) is 4.09. The summed E-state index contributed by atoms with van der Waals surface area (Å²) in [5, 5.41) is 2.81. The molecule has 178 valence electrons. The van der Waals surface area contributed by atoms with E-state index in [0.29, 0.717) is 18.0 Å². The maximum absolute atomic E-state index is 13.4. The lowest BCUT2D eigenvalue weighted by Crippen LogP contribution is -2.37. The summed E-state index contributed by atoms with van der Waals surface area (Å²) < 4.78 is 18.5. The number of benzene rings is 2. The number of carbonyl (C=O) groups excluding carboxylic acids is 2. The van der Waals surface area contributed by atoms with Crippen LogP contribution in [0.4, 0.5) is 5.82 Å². The van der Waals surface area contributed by atoms with Gasteiger partial charge in [0.1, 0.15) is 17.2 Å². The molecule has 34 heavy (non-hydrogen) atoms. The Morgan fingerprint density at radius 2 is 1.85 bits per heavy atom. The van der Waals surface area contributed by atoms with Gasteiger partial charge in [-0.05, 0) is 57.4 Å². The molecule has 0 bridgehead atoms. The summed E-state index contributed by atoms with van der Waals surface area (Å²) in [5.41, 5.74) is 1.06. The number of amides is 1. The average molecular weight is 464 g/mol. The van der Waals surface area contributed by atoms with Crippen LogP contribution in [0.2, 0.25) is 0 Å². The van der Waals surface area contributed by atoms with Gasteiger partial charge < -0.3 is 19.5 Å². The van der Waals surface area contributed by atoms with Crippen LogP contribution in [-0.4, -0.2) is 46.8 Å². The average Bonchev–Trinajstić information content (AvgIpc) is 3.14. The topological polar surface area (TPSA) is 91.7 Å². The Labute approximate surface area is 198 Å². The van der Waals surface area contributed by atoms with Gasteiger partial charge in [-0.15, -0.1) is 0 Å². The molecule has 8 nitrogen and oxygen atoms in total. The Kier molecular flexibility index (Phi) is 6.70. The number of anilines is 1. The summed E-state index contributed by atoms with van der Waals surface area (Å²) in [6.07, 6.45) is 0.569. The van der Waals surface area contributed by atoms with Gasteiger partial charge in [-0.3, -0.25) is 9.36 Å². The number of nitrogens with zero attached hydrogens (tertiary/aromatic N) is 2. The minimum Gasteiger partial charge on any atom is -0.480 e. The van der Waals surface area contributed by atoms with Gasteiger partial charge in [0.05, 0.1) is 6.61 Å². The number of methoxy groups -OCH3 is 1. The van der Waals surface area contributed by atoms with E-state index in [4.69, 9.17) is 14.2 Å². The summed E-state index contributed by atoms with van der Waals surface area (Å²) >= 11 is 0. The zero-order valence-electron chi connectivity index (χ0n) is 19.8. The molecule has 1 atom stereocenters. The van der Waals surface area contributed by atoms with Gasteiger partial charge in [0.15, 0.2) is 17.6 Å². The Bertz CT molecular complexity index is 1190. The van der Waals surface area contributed by atoms with Crippen LogP contribution in [0.3, 0.4) is 0 Å². The van der Waals surface area contributed by atoms with Gasteiger partial charge in [0.25, 0.3) is 5.91 Å². The highest BCUT2D eigenvalue weighted by molar-refractivity contribution is 6.01. The molecule has 1 amide bonds. The third kappa shape index (κ3) is 4.97. The normalized spacial score (nSPS) is 15.2. The van der Waals surface area contributed by atoms with Crippen LogP contribution in [0.1, 0.15) is 42.1 Å². The summed E-state index contributed by atoms with van der Waals surface area (Å²) in [6.45, 7) is 5.51. The number of imidazole rings is 1. The fraction of sp³-hybridized carbons (Fsp3) is 0.346. The van der Waals surface area contributed by atoms with E-state index in [1.54, 1.807) is 32.4 Å². The minimum atomic E-state index is -0.872. The molecule has 2 heterocycles. The second-order valence-corrected chi connectivity index (χ2v) is 8.85. The molecule has 0 fully saturated rings. The highest BCUT2D eigenvalue weighted by atomic mass is 16.6. The Morgan fingerprint density at radius 1 is 1.15 bits per heavy atom. The minimum absolute atomic E-state index is 0.132. The maximum Gasteiger partial charge on any atom is 0.359 e. The van der Waals surface area contributed by atoms with E-state index in [0.717, 1.165) is 17.7 Å². The Balaban J connectivity index is 1.66. The van der Waals surface area contributed by atoms with Crippen molar-refractivity contribution >= 4 is 17.7 Å². The van der Waals surface area contributed by atoms with Crippen LogP contribution in [0.5, 0.6) is 5.75 Å². The molecule has 1 N–H and O–H groups in total. The number of hydrogen-bond acceptors (Lipinski definition) is 6. The van der Waals surface area contributed by atoms with Crippen LogP contribution in [-0.2, 0) is 20.7 Å². The number of carbonyl (C=O) groups is 2. The third-order valence-corrected chi connectivity index (χ3v) is 5.57. The molecule has 0 saturated carbocycles. The summed E-state index contributed by atoms with van der Waals surface area (Å²) in [4.78, 5) is 31.0. The number of hydrogen-bond donors (Lipinski definition) is 1. The number of para-hydroxylation sites is 2. The lowest BCUT2D eigenvalue weighted by Gasteiger charge is -2.26. The van der Waals surface area contributed by atoms with Crippen LogP contribution in [0.25, 0.3) is 5.69 Å². The van der Waals surface area contributed by atoms with Crippen molar-refractivity contribution in [1.29, 1.82) is 0 Å². The molecule has 0 aliphatic carbocycles. The van der Waals surface area contributed by atoms with Crippen molar-refractivity contribution in [3.05, 3.63) is 71.7 Å². The standard InChI is InChI=1S/C26H29N3O5/c1-17-27-23(28-24(30)21-15-14-18-10-8-9-13-20(18)33-21)22(25(31)34-26(2,3)16-32-4)29(17)19-11-6-5-7-12-19/h5-13,21H,14-16H2,1-4H3,(H,28,30). The van der Waals surface area contributed by atoms with Crippen molar-refractivity contribution in [2.75, 3.05) is 19.0 Å². The molecule has 2 aromatic carbocycles. The molecular weight excluding hydrogens is 434 g/mol. The number of fused-ring (bicyclic) bond motifs is 1. The third-order valence-electron chi connectivity index (χ3n) is 5.57. The highest BCUT2D eigenvalue weighted by Crippen LogP contribution is 2.29. The van der Waals surface area contributed by atoms with Crippen molar-refractivity contribution in [2.45, 2.75) is 45.3 Å². The van der Waals surface area contributed by atoms with E-state index in [9.17, 15) is 9.59 Å². The fourth-order valence-electron chi connectivity index (χ4n) is 4.08. The molecule has 0 spiro atoms. The highest BCUT2D eigenvalue weighted by Gasteiger charge is 2.33. The van der Waals surface area contributed by atoms with E-state index < -0.39 is 17.7 Å². The van der Waals surface area contributed by atoms with Crippen LogP contribution in [0.15, 0.2) is 54.6 Å². The van der Waals surface area contributed by atoms with E-state index in [1.807, 2.05) is 54.6 Å². The van der Waals surface area contributed by atoms with Crippen molar-refractivity contribution in [3.63, 3.8) is 0 Å². The van der Waals surface area contributed by atoms with Gasteiger partial charge in [-0.2, -0.15) is 0 Å². The first-order chi connectivity index (χ1) is 16.3. The zero-order chi connectivity index (χ0) is 24.3. The van der Waals surface area contributed by atoms with Crippen molar-refractivity contribution in [2.24, 2.45) is 0 Å². The smallest absolute Gasteiger partial charge is 0.359 e. The van der Waals surface area contributed by atoms with Gasteiger partial charge in [-0.1, -0.05) is 36.4 Å². The van der Waals surface area contributed by atoms with Crippen LogP contribution >= 0.6 is 0 Å². The van der Waals surface area contributed by atoms with Crippen molar-refractivity contribution < 1.29 is 23.8 Å². The summed E-state index contributed by atoms with van der Waals surface area (Å²) in [6, 6.07) is 17.0. The Morgan fingerprint density at radius 3 is 2.59 bits per heavy atom. The van der Waals surface area contributed by atoms with E-state index in [2.05, 4.69) is 10.3 Å². The quantitative estimate of drug-likeness (QED) is 0.531. The molecule has 8 heteroatoms. The predicted molar refractivity (Wildman–Crippen MR) is 127 cm³/mol. The first-order valence-electron chi connectivity index (χ1n) is 11.2. The molecule has 3 aromatic rings. The fourth-order valence-corrected chi connectivity index (χ4v) is 4.08. The SMILES string of the molecule is COCC(C)(C)OC(=O)c1c(NC(=O)C2CCc3ccccc3O2)nc(C)n1-c1ccccc1. The van der Waals surface area contributed by atoms with Gasteiger partial charge in [0, 0.05) is 12.8 Å². The second-order valence-electron chi connectivity index (χ2n) is 8.85. The lowest BCUT2D eigenvalue weighted by molar-refractivity contribution is -0.123. The molecule has 0 saturated heterocycles. The number of esters is 1. The molecular formula is C26H29N3O5. The van der Waals surface area contributed by atoms with Gasteiger partial charge in [-0.25, -0.2) is 9.78 Å². The Hall–Kier alpha value is -3.65. The van der Waals surface area contributed by atoms with Crippen LogP contribution < -0.4 is 10.1 Å². The van der Waals surface area contributed by atoms with E-state index in [1.165, 1.54) is 0 Å². The number of nitrogens with one attached hydrogen (secondary N) is 1. The zero-order valence-corrected chi connectivity index (χ0v) is 19.8. The number of rotatable bonds is 7. The molecule has 1 unspecified atom stereocenters. The van der Waals surface area contributed by atoms with Crippen molar-refractivity contribution in [1.82, 2.24) is 9.55 Å². The first-order valence-corrected chi connectivity index (χ1v) is 11.2. The first kappa shape index (κ1) is 23.5. The number of ether oxygens (including phenoxy) is 3. The second kappa shape index (κ2) is 9.69. The maximum atomic E-state index is 13.4. The van der Waals surface area contributed by atoms with E-state index >= 15 is 0 Å². The van der Waals surface area contributed by atoms with Gasteiger partial charge >= 0.3 is 5.97 Å². The number of aryl methyl sites for hydroxylation is 2. The molecule has 0 radical (unpaired) electrons. The van der Waals surface area contributed by atoms with Gasteiger partial charge in [0.2, 0.25) is 0 Å². The van der Waals surface area contributed by atoms with Crippen molar-refractivity contribution in [3.8, 4) is 11.4 Å². The van der Waals surface area contributed by atoms with Crippen LogP contribution in [0, 0.1) is 6.92 Å². The largest absolute Gasteiger partial charge is 0.480 e.